The van der Waals surface area contributed by atoms with Crippen LogP contribution >= 0.6 is 11.3 Å². The topological polar surface area (TPSA) is 61.0 Å². The molecule has 1 unspecified atom stereocenters. The third-order valence-corrected chi connectivity index (χ3v) is 2.78. The van der Waals surface area contributed by atoms with Gasteiger partial charge < -0.3 is 10.5 Å². The van der Waals surface area contributed by atoms with Gasteiger partial charge in [0.25, 0.3) is 0 Å². The van der Waals surface area contributed by atoms with Gasteiger partial charge in [-0.1, -0.05) is 0 Å². The number of ether oxygens (including phenoxy) is 1. The van der Waals surface area contributed by atoms with Gasteiger partial charge in [0.1, 0.15) is 5.75 Å². The van der Waals surface area contributed by atoms with Crippen molar-refractivity contribution in [3.8, 4) is 5.75 Å². The van der Waals surface area contributed by atoms with Crippen molar-refractivity contribution in [3.05, 3.63) is 40.6 Å². The van der Waals surface area contributed by atoms with Gasteiger partial charge in [0.2, 0.25) is 0 Å². The third kappa shape index (κ3) is 2.37. The van der Waals surface area contributed by atoms with Crippen LogP contribution in [0.1, 0.15) is 24.2 Å². The molecule has 0 saturated carbocycles. The zero-order chi connectivity index (χ0) is 11.4. The van der Waals surface area contributed by atoms with Gasteiger partial charge in [0.15, 0.2) is 0 Å². The Morgan fingerprint density at radius 3 is 3.06 bits per heavy atom. The minimum absolute atomic E-state index is 0.237. The second-order valence-electron chi connectivity index (χ2n) is 3.28. The standard InChI is InChI=1S/C11H13N3OS/c1-2-15-9-3-8(4-13-5-9)11(12)10-6-16-7-14-10/h3-7,11H,2,12H2,1H3. The Morgan fingerprint density at radius 1 is 1.50 bits per heavy atom. The Kier molecular flexibility index (Phi) is 3.48. The van der Waals surface area contributed by atoms with Gasteiger partial charge >= 0.3 is 0 Å². The fourth-order valence-electron chi connectivity index (χ4n) is 1.40. The van der Waals surface area contributed by atoms with Crippen LogP contribution in [-0.2, 0) is 0 Å². The van der Waals surface area contributed by atoms with E-state index in [1.54, 1.807) is 17.9 Å². The zero-order valence-electron chi connectivity index (χ0n) is 8.96. The maximum Gasteiger partial charge on any atom is 0.137 e. The number of nitrogens with zero attached hydrogens (tertiary/aromatic N) is 2. The van der Waals surface area contributed by atoms with Crippen molar-refractivity contribution in [1.82, 2.24) is 9.97 Å². The summed E-state index contributed by atoms with van der Waals surface area (Å²) < 4.78 is 5.38. The molecule has 2 heterocycles. The van der Waals surface area contributed by atoms with Crippen LogP contribution in [0.3, 0.4) is 0 Å². The Bertz CT molecular complexity index is 444. The predicted molar refractivity (Wildman–Crippen MR) is 63.6 cm³/mol. The molecule has 84 valence electrons. The summed E-state index contributed by atoms with van der Waals surface area (Å²) >= 11 is 1.53. The van der Waals surface area contributed by atoms with E-state index in [0.717, 1.165) is 17.0 Å². The Labute approximate surface area is 98.1 Å². The SMILES string of the molecule is CCOc1cncc(C(N)c2cscn2)c1. The molecule has 0 aliphatic heterocycles. The molecule has 0 aliphatic carbocycles. The van der Waals surface area contributed by atoms with Crippen molar-refractivity contribution < 1.29 is 4.74 Å². The summed E-state index contributed by atoms with van der Waals surface area (Å²) in [4.78, 5) is 8.30. The first-order chi connectivity index (χ1) is 7.81. The molecule has 2 rings (SSSR count). The van der Waals surface area contributed by atoms with Crippen LogP contribution in [0.25, 0.3) is 0 Å². The zero-order valence-corrected chi connectivity index (χ0v) is 9.78. The van der Waals surface area contributed by atoms with Gasteiger partial charge in [-0.2, -0.15) is 0 Å². The van der Waals surface area contributed by atoms with E-state index in [-0.39, 0.29) is 6.04 Å². The molecule has 0 fully saturated rings. The summed E-state index contributed by atoms with van der Waals surface area (Å²) in [5.74, 6) is 0.741. The third-order valence-electron chi connectivity index (χ3n) is 2.17. The van der Waals surface area contributed by atoms with Crippen LogP contribution in [0.5, 0.6) is 5.75 Å². The van der Waals surface area contributed by atoms with Crippen LogP contribution < -0.4 is 10.5 Å². The van der Waals surface area contributed by atoms with E-state index in [1.807, 2.05) is 18.4 Å². The fraction of sp³-hybridized carbons (Fsp3) is 0.273. The highest BCUT2D eigenvalue weighted by atomic mass is 32.1. The molecule has 0 spiro atoms. The van der Waals surface area contributed by atoms with E-state index >= 15 is 0 Å². The number of rotatable bonds is 4. The number of hydrogen-bond donors (Lipinski definition) is 1. The maximum absolute atomic E-state index is 6.07. The number of hydrogen-bond acceptors (Lipinski definition) is 5. The molecule has 5 heteroatoms. The first-order valence-corrected chi connectivity index (χ1v) is 5.97. The van der Waals surface area contributed by atoms with E-state index in [9.17, 15) is 0 Å². The molecule has 0 aromatic carbocycles. The molecule has 0 bridgehead atoms. The van der Waals surface area contributed by atoms with E-state index in [4.69, 9.17) is 10.5 Å². The van der Waals surface area contributed by atoms with Gasteiger partial charge in [-0.3, -0.25) is 4.98 Å². The lowest BCUT2D eigenvalue weighted by Crippen LogP contribution is -2.12. The number of thiazole rings is 1. The van der Waals surface area contributed by atoms with Gasteiger partial charge in [0.05, 0.1) is 30.1 Å². The average molecular weight is 235 g/mol. The summed E-state index contributed by atoms with van der Waals surface area (Å²) in [5.41, 5.74) is 9.62. The Balaban J connectivity index is 2.23. The molecular formula is C11H13N3OS. The minimum Gasteiger partial charge on any atom is -0.492 e. The lowest BCUT2D eigenvalue weighted by molar-refractivity contribution is 0.338. The first-order valence-electron chi connectivity index (χ1n) is 5.02. The van der Waals surface area contributed by atoms with Gasteiger partial charge in [0, 0.05) is 11.6 Å². The highest BCUT2D eigenvalue weighted by Crippen LogP contribution is 2.21. The van der Waals surface area contributed by atoms with Crippen LogP contribution in [-0.4, -0.2) is 16.6 Å². The summed E-state index contributed by atoms with van der Waals surface area (Å²) in [6, 6.07) is 1.67. The Hall–Kier alpha value is -1.46. The highest BCUT2D eigenvalue weighted by molar-refractivity contribution is 7.07. The van der Waals surface area contributed by atoms with E-state index in [1.165, 1.54) is 11.3 Å². The van der Waals surface area contributed by atoms with Crippen molar-refractivity contribution in [1.29, 1.82) is 0 Å². The van der Waals surface area contributed by atoms with Crippen LogP contribution in [0.2, 0.25) is 0 Å². The van der Waals surface area contributed by atoms with Crippen LogP contribution in [0, 0.1) is 0 Å². The normalized spacial score (nSPS) is 12.4. The molecule has 4 nitrogen and oxygen atoms in total. The number of nitrogens with two attached hydrogens (primary N) is 1. The molecule has 0 radical (unpaired) electrons. The van der Waals surface area contributed by atoms with Crippen LogP contribution in [0.15, 0.2) is 29.4 Å². The molecule has 1 atom stereocenters. The minimum atomic E-state index is -0.237. The maximum atomic E-state index is 6.07. The van der Waals surface area contributed by atoms with Crippen molar-refractivity contribution >= 4 is 11.3 Å². The van der Waals surface area contributed by atoms with Gasteiger partial charge in [-0.15, -0.1) is 11.3 Å². The smallest absolute Gasteiger partial charge is 0.137 e. The van der Waals surface area contributed by atoms with E-state index < -0.39 is 0 Å². The second-order valence-corrected chi connectivity index (χ2v) is 4.00. The van der Waals surface area contributed by atoms with Crippen molar-refractivity contribution in [2.45, 2.75) is 13.0 Å². The van der Waals surface area contributed by atoms with Crippen molar-refractivity contribution in [2.75, 3.05) is 6.61 Å². The lowest BCUT2D eigenvalue weighted by Gasteiger charge is -2.10. The van der Waals surface area contributed by atoms with E-state index in [0.29, 0.717) is 6.61 Å². The molecular weight excluding hydrogens is 222 g/mol. The fourth-order valence-corrected chi connectivity index (χ4v) is 1.99. The Morgan fingerprint density at radius 2 is 2.38 bits per heavy atom. The van der Waals surface area contributed by atoms with Crippen molar-refractivity contribution in [2.24, 2.45) is 5.73 Å². The highest BCUT2D eigenvalue weighted by Gasteiger charge is 2.11. The monoisotopic (exact) mass is 235 g/mol. The molecule has 16 heavy (non-hydrogen) atoms. The molecule has 2 aromatic rings. The number of pyridine rings is 1. The molecule has 0 amide bonds. The summed E-state index contributed by atoms with van der Waals surface area (Å²) in [6.07, 6.45) is 3.42. The van der Waals surface area contributed by atoms with Crippen LogP contribution in [0.4, 0.5) is 0 Å². The molecule has 0 aliphatic rings. The first kappa shape index (κ1) is 11.0. The van der Waals surface area contributed by atoms with Gasteiger partial charge in [-0.25, -0.2) is 4.98 Å². The lowest BCUT2D eigenvalue weighted by atomic mass is 10.1. The summed E-state index contributed by atoms with van der Waals surface area (Å²) in [5, 5.41) is 1.94. The largest absolute Gasteiger partial charge is 0.492 e. The summed E-state index contributed by atoms with van der Waals surface area (Å²) in [6.45, 7) is 2.56. The predicted octanol–water partition coefficient (Wildman–Crippen LogP) is 1.98. The number of aromatic nitrogens is 2. The molecule has 2 aromatic heterocycles. The quantitative estimate of drug-likeness (QED) is 0.880. The second kappa shape index (κ2) is 5.05. The van der Waals surface area contributed by atoms with Gasteiger partial charge in [-0.05, 0) is 18.6 Å². The van der Waals surface area contributed by atoms with Crippen molar-refractivity contribution in [3.63, 3.8) is 0 Å². The summed E-state index contributed by atoms with van der Waals surface area (Å²) in [7, 11) is 0. The molecule has 2 N–H and O–H groups in total. The van der Waals surface area contributed by atoms with E-state index in [2.05, 4.69) is 9.97 Å². The molecule has 0 saturated heterocycles. The average Bonchev–Trinajstić information content (AvgIpc) is 2.82.